The summed E-state index contributed by atoms with van der Waals surface area (Å²) in [6, 6.07) is -1.23. The molecule has 25 heavy (non-hydrogen) atoms. The van der Waals surface area contributed by atoms with Crippen LogP contribution in [0.3, 0.4) is 0 Å². The predicted molar refractivity (Wildman–Crippen MR) is 84.8 cm³/mol. The molecule has 0 bridgehead atoms. The Balaban J connectivity index is 0.00000312. The van der Waals surface area contributed by atoms with Crippen molar-refractivity contribution in [1.82, 2.24) is 25.3 Å². The van der Waals surface area contributed by atoms with Gasteiger partial charge in [-0.1, -0.05) is 0 Å². The molecule has 1 atom stereocenters. The number of aromatic nitrogens is 4. The highest BCUT2D eigenvalue weighted by Crippen LogP contribution is 2.13. The van der Waals surface area contributed by atoms with Gasteiger partial charge >= 0.3 is 11.9 Å². The van der Waals surface area contributed by atoms with E-state index in [1.165, 1.54) is 12.7 Å². The average Bonchev–Trinajstić information content (AvgIpc) is 3.00. The topological polar surface area (TPSA) is 202 Å². The van der Waals surface area contributed by atoms with Crippen molar-refractivity contribution in [2.75, 3.05) is 11.9 Å². The first-order valence-corrected chi connectivity index (χ1v) is 7.09. The molecule has 12 nitrogen and oxygen atoms in total. The molecule has 0 saturated carbocycles. The molecule has 2 aromatic rings. The van der Waals surface area contributed by atoms with E-state index in [2.05, 4.69) is 30.6 Å². The second-order valence-electron chi connectivity index (χ2n) is 4.89. The Hall–Kier alpha value is -3.28. The number of H-pyrrole nitrogens is 1. The van der Waals surface area contributed by atoms with Crippen LogP contribution >= 0.6 is 0 Å². The summed E-state index contributed by atoms with van der Waals surface area (Å²) in [5.74, 6) is -2.42. The molecule has 2 heterocycles. The maximum absolute atomic E-state index is 11.8. The summed E-state index contributed by atoms with van der Waals surface area (Å²) >= 11 is 0. The molecule has 7 N–H and O–H groups in total. The maximum atomic E-state index is 11.8. The van der Waals surface area contributed by atoms with E-state index in [0.29, 0.717) is 17.0 Å². The van der Waals surface area contributed by atoms with Gasteiger partial charge in [0.1, 0.15) is 17.9 Å². The van der Waals surface area contributed by atoms with Gasteiger partial charge in [-0.05, 0) is 6.42 Å². The van der Waals surface area contributed by atoms with Gasteiger partial charge < -0.3 is 31.3 Å². The number of fused-ring (bicyclic) bond motifs is 1. The first-order chi connectivity index (χ1) is 11.5. The van der Waals surface area contributed by atoms with Crippen molar-refractivity contribution in [1.29, 1.82) is 0 Å². The number of carbonyl (C=O) groups excluding carboxylic acids is 1. The number of hydrogen-bond acceptors (Lipinski definition) is 7. The molecule has 2 rings (SSSR count). The Labute approximate surface area is 141 Å². The minimum absolute atomic E-state index is 0. The summed E-state index contributed by atoms with van der Waals surface area (Å²) in [6.45, 7) is 0.211. The molecule has 0 saturated heterocycles. The number of anilines is 1. The molecule has 12 heteroatoms. The van der Waals surface area contributed by atoms with Crippen LogP contribution in [0.4, 0.5) is 5.82 Å². The molecule has 0 unspecified atom stereocenters. The Morgan fingerprint density at radius 1 is 1.16 bits per heavy atom. The molecule has 0 fully saturated rings. The lowest BCUT2D eigenvalue weighted by Gasteiger charge is -2.13. The van der Waals surface area contributed by atoms with Gasteiger partial charge in [0, 0.05) is 19.4 Å². The van der Waals surface area contributed by atoms with Gasteiger partial charge in [0.15, 0.2) is 11.5 Å². The largest absolute Gasteiger partial charge is 0.481 e. The van der Waals surface area contributed by atoms with Crippen LogP contribution in [0.1, 0.15) is 19.3 Å². The molecular formula is C13H18N6O6. The molecule has 0 aliphatic heterocycles. The number of carboxylic acids is 2. The quantitative estimate of drug-likeness (QED) is 0.365. The number of imidazole rings is 1. The van der Waals surface area contributed by atoms with Crippen molar-refractivity contribution in [2.45, 2.75) is 25.3 Å². The van der Waals surface area contributed by atoms with Crippen LogP contribution < -0.4 is 10.6 Å². The van der Waals surface area contributed by atoms with Gasteiger partial charge in [0.05, 0.1) is 6.33 Å². The maximum Gasteiger partial charge on any atom is 0.326 e. The summed E-state index contributed by atoms with van der Waals surface area (Å²) in [6.07, 6.45) is 2.28. The molecule has 0 aliphatic rings. The second kappa shape index (κ2) is 9.12. The number of carboxylic acid groups (broad SMARTS) is 2. The molecule has 136 valence electrons. The summed E-state index contributed by atoms with van der Waals surface area (Å²) in [5.41, 5.74) is 1.08. The SMILES string of the molecule is O.O=C(O)CC[C@H](NC(=O)CCNc1ncnc2nc[nH]c12)C(=O)O. The molecule has 1 amide bonds. The van der Waals surface area contributed by atoms with E-state index in [9.17, 15) is 14.4 Å². The van der Waals surface area contributed by atoms with E-state index >= 15 is 0 Å². The van der Waals surface area contributed by atoms with Crippen LogP contribution in [0.5, 0.6) is 0 Å². The Morgan fingerprint density at radius 2 is 1.92 bits per heavy atom. The third-order valence-corrected chi connectivity index (χ3v) is 3.15. The number of rotatable bonds is 9. The molecular weight excluding hydrogens is 336 g/mol. The fraction of sp³-hybridized carbons (Fsp3) is 0.385. The summed E-state index contributed by atoms with van der Waals surface area (Å²) in [7, 11) is 0. The molecule has 2 aromatic heterocycles. The van der Waals surface area contributed by atoms with E-state index in [4.69, 9.17) is 10.2 Å². The van der Waals surface area contributed by atoms with Gasteiger partial charge in [0.25, 0.3) is 0 Å². The Bertz CT molecular complexity index is 747. The van der Waals surface area contributed by atoms with E-state index < -0.39 is 23.9 Å². The summed E-state index contributed by atoms with van der Waals surface area (Å²) < 4.78 is 0. The number of amides is 1. The van der Waals surface area contributed by atoms with Gasteiger partial charge in [-0.2, -0.15) is 0 Å². The van der Waals surface area contributed by atoms with Crippen molar-refractivity contribution in [3.05, 3.63) is 12.7 Å². The van der Waals surface area contributed by atoms with Crippen LogP contribution in [0.25, 0.3) is 11.2 Å². The lowest BCUT2D eigenvalue weighted by atomic mass is 10.1. The average molecular weight is 354 g/mol. The van der Waals surface area contributed by atoms with Crippen molar-refractivity contribution >= 4 is 34.8 Å². The monoisotopic (exact) mass is 354 g/mol. The predicted octanol–water partition coefficient (Wildman–Crippen LogP) is -1.24. The van der Waals surface area contributed by atoms with Gasteiger partial charge in [0.2, 0.25) is 5.91 Å². The first-order valence-electron chi connectivity index (χ1n) is 7.09. The van der Waals surface area contributed by atoms with Crippen molar-refractivity contribution in [3.63, 3.8) is 0 Å². The fourth-order valence-corrected chi connectivity index (χ4v) is 1.99. The highest BCUT2D eigenvalue weighted by Gasteiger charge is 2.20. The summed E-state index contributed by atoms with van der Waals surface area (Å²) in [5, 5.41) is 22.8. The van der Waals surface area contributed by atoms with Gasteiger partial charge in [-0.3, -0.25) is 9.59 Å². The summed E-state index contributed by atoms with van der Waals surface area (Å²) in [4.78, 5) is 48.1. The van der Waals surface area contributed by atoms with Gasteiger partial charge in [-0.15, -0.1) is 0 Å². The van der Waals surface area contributed by atoms with Gasteiger partial charge in [-0.25, -0.2) is 19.7 Å². The van der Waals surface area contributed by atoms with Crippen molar-refractivity contribution in [2.24, 2.45) is 0 Å². The minimum Gasteiger partial charge on any atom is -0.481 e. The van der Waals surface area contributed by atoms with E-state index in [0.717, 1.165) is 0 Å². The van der Waals surface area contributed by atoms with E-state index in [-0.39, 0.29) is 31.3 Å². The van der Waals surface area contributed by atoms with E-state index in [1.54, 1.807) is 0 Å². The molecule has 0 aromatic carbocycles. The smallest absolute Gasteiger partial charge is 0.326 e. The normalized spacial score (nSPS) is 11.4. The number of aromatic amines is 1. The first kappa shape index (κ1) is 19.8. The van der Waals surface area contributed by atoms with Crippen LogP contribution in [-0.4, -0.2) is 66.1 Å². The third kappa shape index (κ3) is 5.69. The lowest BCUT2D eigenvalue weighted by molar-refractivity contribution is -0.143. The zero-order valence-corrected chi connectivity index (χ0v) is 13.0. The molecule has 0 spiro atoms. The number of nitrogens with zero attached hydrogens (tertiary/aromatic N) is 3. The Morgan fingerprint density at radius 3 is 2.60 bits per heavy atom. The third-order valence-electron chi connectivity index (χ3n) is 3.15. The lowest BCUT2D eigenvalue weighted by Crippen LogP contribution is -2.41. The van der Waals surface area contributed by atoms with Crippen molar-refractivity contribution in [3.8, 4) is 0 Å². The highest BCUT2D eigenvalue weighted by atomic mass is 16.4. The number of hydrogen-bond donors (Lipinski definition) is 5. The molecule has 0 aliphatic carbocycles. The minimum atomic E-state index is -1.27. The van der Waals surface area contributed by atoms with Crippen LogP contribution in [0.2, 0.25) is 0 Å². The number of nitrogens with one attached hydrogen (secondary N) is 3. The molecule has 0 radical (unpaired) electrons. The van der Waals surface area contributed by atoms with Crippen LogP contribution in [0, 0.1) is 0 Å². The zero-order valence-electron chi connectivity index (χ0n) is 13.0. The number of carbonyl (C=O) groups is 3. The second-order valence-corrected chi connectivity index (χ2v) is 4.89. The van der Waals surface area contributed by atoms with Crippen LogP contribution in [-0.2, 0) is 14.4 Å². The van der Waals surface area contributed by atoms with Crippen LogP contribution in [0.15, 0.2) is 12.7 Å². The Kier molecular flexibility index (Phi) is 7.21. The standard InChI is InChI=1S/C13H16N6O5.H2O/c20-8(19-7(13(23)24)1-2-9(21)22)3-4-14-11-10-12(16-5-15-10)18-6-17-11;/h5-7H,1-4H2,(H,19,20)(H,21,22)(H,23,24)(H2,14,15,16,17,18);1H2/t7-;/m0./s1. The number of aliphatic carboxylic acids is 2. The highest BCUT2D eigenvalue weighted by molar-refractivity contribution is 5.85. The van der Waals surface area contributed by atoms with E-state index in [1.807, 2.05) is 0 Å². The van der Waals surface area contributed by atoms with Crippen molar-refractivity contribution < 1.29 is 30.1 Å². The fourth-order valence-electron chi connectivity index (χ4n) is 1.99. The zero-order chi connectivity index (χ0) is 17.5.